The molecule has 0 atom stereocenters. The molecule has 6 heteroatoms. The standard InChI is InChI=1S/C15H18FN3O2/c1-2-3-14-13(10-17-8-9-20)15(21)19(18-14)12-6-4-11(16)5-7-12/h4-7,10,18,20H,2-3,8-9H2,1H3. The molecule has 0 saturated carbocycles. The van der Waals surface area contributed by atoms with Crippen molar-refractivity contribution in [3.8, 4) is 5.69 Å². The van der Waals surface area contributed by atoms with E-state index in [2.05, 4.69) is 10.1 Å². The predicted molar refractivity (Wildman–Crippen MR) is 79.9 cm³/mol. The summed E-state index contributed by atoms with van der Waals surface area (Å²) >= 11 is 0. The molecule has 1 aromatic heterocycles. The van der Waals surface area contributed by atoms with Gasteiger partial charge in [-0.25, -0.2) is 9.07 Å². The van der Waals surface area contributed by atoms with E-state index in [0.717, 1.165) is 12.1 Å². The van der Waals surface area contributed by atoms with Crippen LogP contribution in [-0.4, -0.2) is 34.3 Å². The highest BCUT2D eigenvalue weighted by Crippen LogP contribution is 2.09. The number of nitrogens with zero attached hydrogens (tertiary/aromatic N) is 2. The highest BCUT2D eigenvalue weighted by molar-refractivity contribution is 5.80. The van der Waals surface area contributed by atoms with Gasteiger partial charge in [0, 0.05) is 11.9 Å². The Labute approximate surface area is 121 Å². The zero-order valence-corrected chi connectivity index (χ0v) is 11.8. The van der Waals surface area contributed by atoms with E-state index in [1.807, 2.05) is 6.92 Å². The predicted octanol–water partition coefficient (Wildman–Crippen LogP) is 1.67. The zero-order chi connectivity index (χ0) is 15.2. The molecule has 112 valence electrons. The van der Waals surface area contributed by atoms with Crippen LogP contribution in [0.3, 0.4) is 0 Å². The topological polar surface area (TPSA) is 70.4 Å². The van der Waals surface area contributed by atoms with Crippen LogP contribution >= 0.6 is 0 Å². The van der Waals surface area contributed by atoms with Crippen molar-refractivity contribution >= 4 is 6.21 Å². The minimum Gasteiger partial charge on any atom is -0.394 e. The molecule has 0 unspecified atom stereocenters. The molecule has 0 aliphatic rings. The first-order valence-electron chi connectivity index (χ1n) is 6.88. The molecule has 0 radical (unpaired) electrons. The van der Waals surface area contributed by atoms with Gasteiger partial charge < -0.3 is 5.11 Å². The number of rotatable bonds is 6. The average Bonchev–Trinajstić information content (AvgIpc) is 2.78. The Balaban J connectivity index is 2.45. The Kier molecular flexibility index (Phi) is 5.05. The van der Waals surface area contributed by atoms with Crippen LogP contribution in [0.1, 0.15) is 24.6 Å². The quantitative estimate of drug-likeness (QED) is 0.795. The van der Waals surface area contributed by atoms with E-state index in [4.69, 9.17) is 5.11 Å². The molecule has 2 rings (SSSR count). The van der Waals surface area contributed by atoms with Crippen molar-refractivity contribution in [3.63, 3.8) is 0 Å². The summed E-state index contributed by atoms with van der Waals surface area (Å²) in [6, 6.07) is 5.69. The number of aliphatic imine (C=N–C) groups is 1. The first kappa shape index (κ1) is 15.2. The van der Waals surface area contributed by atoms with Gasteiger partial charge in [-0.3, -0.25) is 14.9 Å². The summed E-state index contributed by atoms with van der Waals surface area (Å²) in [7, 11) is 0. The van der Waals surface area contributed by atoms with Crippen molar-refractivity contribution in [1.29, 1.82) is 0 Å². The number of aryl methyl sites for hydroxylation is 1. The van der Waals surface area contributed by atoms with E-state index in [1.165, 1.54) is 35.2 Å². The number of H-pyrrole nitrogens is 1. The van der Waals surface area contributed by atoms with E-state index >= 15 is 0 Å². The first-order valence-corrected chi connectivity index (χ1v) is 6.88. The molecule has 0 saturated heterocycles. The first-order chi connectivity index (χ1) is 10.2. The van der Waals surface area contributed by atoms with E-state index < -0.39 is 0 Å². The van der Waals surface area contributed by atoms with E-state index in [-0.39, 0.29) is 24.5 Å². The van der Waals surface area contributed by atoms with Crippen molar-refractivity contribution in [2.45, 2.75) is 19.8 Å². The summed E-state index contributed by atoms with van der Waals surface area (Å²) in [4.78, 5) is 16.4. The number of benzene rings is 1. The number of hydrogen-bond acceptors (Lipinski definition) is 3. The van der Waals surface area contributed by atoms with Crippen LogP contribution in [-0.2, 0) is 6.42 Å². The van der Waals surface area contributed by atoms with Crippen molar-refractivity contribution in [2.24, 2.45) is 4.99 Å². The highest BCUT2D eigenvalue weighted by Gasteiger charge is 2.13. The monoisotopic (exact) mass is 291 g/mol. The maximum atomic E-state index is 13.0. The fourth-order valence-electron chi connectivity index (χ4n) is 2.05. The number of aliphatic hydroxyl groups excluding tert-OH is 1. The van der Waals surface area contributed by atoms with Gasteiger partial charge in [0.15, 0.2) is 0 Å². The SMILES string of the molecule is CCCc1[nH]n(-c2ccc(F)cc2)c(=O)c1C=NCCO. The molecule has 21 heavy (non-hydrogen) atoms. The molecule has 0 fully saturated rings. The van der Waals surface area contributed by atoms with Gasteiger partial charge in [-0.1, -0.05) is 13.3 Å². The van der Waals surface area contributed by atoms with Gasteiger partial charge in [0.1, 0.15) is 5.82 Å². The second kappa shape index (κ2) is 6.99. The van der Waals surface area contributed by atoms with Gasteiger partial charge in [-0.2, -0.15) is 0 Å². The lowest BCUT2D eigenvalue weighted by Crippen LogP contribution is -2.17. The molecular weight excluding hydrogens is 273 g/mol. The Bertz CT molecular complexity index is 671. The number of aromatic amines is 1. The van der Waals surface area contributed by atoms with Crippen molar-refractivity contribution in [2.75, 3.05) is 13.2 Å². The Morgan fingerprint density at radius 1 is 1.38 bits per heavy atom. The lowest BCUT2D eigenvalue weighted by molar-refractivity contribution is 0.307. The summed E-state index contributed by atoms with van der Waals surface area (Å²) in [6.07, 6.45) is 3.08. The third-order valence-corrected chi connectivity index (χ3v) is 3.04. The Morgan fingerprint density at radius 3 is 2.71 bits per heavy atom. The smallest absolute Gasteiger partial charge is 0.280 e. The van der Waals surface area contributed by atoms with Gasteiger partial charge in [-0.15, -0.1) is 0 Å². The lowest BCUT2D eigenvalue weighted by atomic mass is 10.2. The molecule has 2 N–H and O–H groups in total. The molecule has 0 amide bonds. The van der Waals surface area contributed by atoms with Gasteiger partial charge >= 0.3 is 0 Å². The summed E-state index contributed by atoms with van der Waals surface area (Å²) in [5.41, 5.74) is 1.61. The normalized spacial score (nSPS) is 11.4. The molecule has 0 aliphatic heterocycles. The molecule has 2 aromatic rings. The molecule has 0 bridgehead atoms. The minimum absolute atomic E-state index is 0.0593. The highest BCUT2D eigenvalue weighted by atomic mass is 19.1. The third kappa shape index (κ3) is 3.46. The number of aliphatic hydroxyl groups is 1. The Morgan fingerprint density at radius 2 is 2.10 bits per heavy atom. The third-order valence-electron chi connectivity index (χ3n) is 3.04. The largest absolute Gasteiger partial charge is 0.394 e. The molecule has 1 aromatic carbocycles. The van der Waals surface area contributed by atoms with Crippen molar-refractivity contribution in [3.05, 3.63) is 51.7 Å². The van der Waals surface area contributed by atoms with Gasteiger partial charge in [0.05, 0.1) is 24.4 Å². The maximum Gasteiger partial charge on any atom is 0.280 e. The number of nitrogens with one attached hydrogen (secondary N) is 1. The van der Waals surface area contributed by atoms with Crippen molar-refractivity contribution < 1.29 is 9.50 Å². The van der Waals surface area contributed by atoms with E-state index in [0.29, 0.717) is 17.7 Å². The van der Waals surface area contributed by atoms with Crippen LogP contribution in [0.15, 0.2) is 34.1 Å². The van der Waals surface area contributed by atoms with Crippen LogP contribution in [0.25, 0.3) is 5.69 Å². The van der Waals surface area contributed by atoms with Gasteiger partial charge in [-0.05, 0) is 30.7 Å². The summed E-state index contributed by atoms with van der Waals surface area (Å²) in [5, 5.41) is 11.8. The van der Waals surface area contributed by atoms with Gasteiger partial charge in [0.2, 0.25) is 0 Å². The molecule has 5 nitrogen and oxygen atoms in total. The lowest BCUT2D eigenvalue weighted by Gasteiger charge is -2.01. The van der Waals surface area contributed by atoms with Crippen LogP contribution in [0.2, 0.25) is 0 Å². The zero-order valence-electron chi connectivity index (χ0n) is 11.8. The van der Waals surface area contributed by atoms with E-state index in [1.54, 1.807) is 0 Å². The maximum absolute atomic E-state index is 13.0. The number of hydrogen-bond donors (Lipinski definition) is 2. The molecular formula is C15H18FN3O2. The second-order valence-corrected chi connectivity index (χ2v) is 4.63. The van der Waals surface area contributed by atoms with E-state index in [9.17, 15) is 9.18 Å². The molecule has 1 heterocycles. The molecule has 0 aliphatic carbocycles. The van der Waals surface area contributed by atoms with Crippen molar-refractivity contribution in [1.82, 2.24) is 9.78 Å². The number of aromatic nitrogens is 2. The Hall–Kier alpha value is -2.21. The fourth-order valence-corrected chi connectivity index (χ4v) is 2.05. The van der Waals surface area contributed by atoms with Crippen LogP contribution in [0.5, 0.6) is 0 Å². The van der Waals surface area contributed by atoms with Crippen LogP contribution in [0, 0.1) is 5.82 Å². The minimum atomic E-state index is -0.350. The summed E-state index contributed by atoms with van der Waals surface area (Å²) in [5.74, 6) is -0.350. The molecule has 0 spiro atoms. The fraction of sp³-hybridized carbons (Fsp3) is 0.333. The average molecular weight is 291 g/mol. The van der Waals surface area contributed by atoms with Crippen LogP contribution < -0.4 is 5.56 Å². The van der Waals surface area contributed by atoms with Crippen LogP contribution in [0.4, 0.5) is 4.39 Å². The number of halogens is 1. The summed E-state index contributed by atoms with van der Waals surface area (Å²) < 4.78 is 14.4. The second-order valence-electron chi connectivity index (χ2n) is 4.63. The van der Waals surface area contributed by atoms with Gasteiger partial charge in [0.25, 0.3) is 5.56 Å². The summed E-state index contributed by atoms with van der Waals surface area (Å²) in [6.45, 7) is 2.21.